The highest BCUT2D eigenvalue weighted by Gasteiger charge is 2.60. The van der Waals surface area contributed by atoms with Gasteiger partial charge in [-0.1, -0.05) is 0 Å². The topological polar surface area (TPSA) is 97.8 Å². The average molecular weight is 291 g/mol. The van der Waals surface area contributed by atoms with Crippen LogP contribution in [0.3, 0.4) is 0 Å². The first-order valence-electron chi connectivity index (χ1n) is 5.88. The van der Waals surface area contributed by atoms with Crippen molar-refractivity contribution in [2.75, 3.05) is 13.2 Å². The molecule has 19 heavy (non-hydrogen) atoms. The zero-order valence-electron chi connectivity index (χ0n) is 11.1. The van der Waals surface area contributed by atoms with Gasteiger partial charge in [-0.2, -0.15) is 0 Å². The van der Waals surface area contributed by atoms with Crippen molar-refractivity contribution in [3.8, 4) is 0 Å². The van der Waals surface area contributed by atoms with Crippen molar-refractivity contribution in [2.45, 2.75) is 38.4 Å². The van der Waals surface area contributed by atoms with Crippen molar-refractivity contribution < 1.29 is 27.5 Å². The van der Waals surface area contributed by atoms with Gasteiger partial charge < -0.3 is 4.74 Å². The summed E-state index contributed by atoms with van der Waals surface area (Å²) in [5, 5.41) is 0. The van der Waals surface area contributed by atoms with Crippen LogP contribution in [0.5, 0.6) is 0 Å². The van der Waals surface area contributed by atoms with Gasteiger partial charge >= 0.3 is 5.97 Å². The molecule has 1 rings (SSSR count). The molecule has 0 spiro atoms. The van der Waals surface area contributed by atoms with Crippen LogP contribution in [0.1, 0.15) is 33.6 Å². The van der Waals surface area contributed by atoms with Crippen LogP contribution in [0.15, 0.2) is 0 Å². The molecule has 1 heterocycles. The molecule has 0 N–H and O–H groups in total. The largest absolute Gasteiger partial charge is 0.466 e. The van der Waals surface area contributed by atoms with Crippen LogP contribution in [0.4, 0.5) is 0 Å². The molecule has 0 radical (unpaired) electrons. The van der Waals surface area contributed by atoms with Gasteiger partial charge in [-0.25, -0.2) is 12.7 Å². The predicted octanol–water partition coefficient (Wildman–Crippen LogP) is -0.151. The first kappa shape index (κ1) is 15.6. The highest BCUT2D eigenvalue weighted by molar-refractivity contribution is 7.94. The zero-order chi connectivity index (χ0) is 14.8. The lowest BCUT2D eigenvalue weighted by Crippen LogP contribution is -2.68. The Kier molecular flexibility index (Phi) is 4.34. The number of nitrogens with zero attached hydrogens (tertiary/aromatic N) is 1. The Bertz CT molecular complexity index is 507. The Morgan fingerprint density at radius 3 is 2.32 bits per heavy atom. The van der Waals surface area contributed by atoms with Gasteiger partial charge in [0.05, 0.1) is 19.6 Å². The molecule has 0 aromatic carbocycles. The fourth-order valence-corrected chi connectivity index (χ4v) is 3.14. The van der Waals surface area contributed by atoms with Crippen LogP contribution >= 0.6 is 0 Å². The van der Waals surface area contributed by atoms with Crippen molar-refractivity contribution in [1.29, 1.82) is 0 Å². The van der Waals surface area contributed by atoms with E-state index in [1.54, 1.807) is 6.92 Å². The van der Waals surface area contributed by atoms with Gasteiger partial charge in [0.25, 0.3) is 15.9 Å². The van der Waals surface area contributed by atoms with Crippen LogP contribution in [-0.2, 0) is 29.1 Å². The molecule has 1 aliphatic rings. The van der Waals surface area contributed by atoms with Crippen LogP contribution in [0.2, 0.25) is 0 Å². The highest BCUT2D eigenvalue weighted by Crippen LogP contribution is 2.34. The van der Waals surface area contributed by atoms with Crippen LogP contribution in [-0.4, -0.2) is 48.3 Å². The Hall–Kier alpha value is -1.44. The fraction of sp³-hybridized carbons (Fsp3) is 0.727. The van der Waals surface area contributed by atoms with Gasteiger partial charge in [-0.05, 0) is 20.8 Å². The maximum atomic E-state index is 11.7. The number of ketones is 1. The van der Waals surface area contributed by atoms with Gasteiger partial charge in [0, 0.05) is 6.42 Å². The highest BCUT2D eigenvalue weighted by atomic mass is 32.2. The molecule has 1 amide bonds. The second kappa shape index (κ2) is 5.28. The summed E-state index contributed by atoms with van der Waals surface area (Å²) in [6.45, 7) is 3.95. The minimum Gasteiger partial charge on any atom is -0.466 e. The van der Waals surface area contributed by atoms with Crippen LogP contribution in [0.25, 0.3) is 0 Å². The van der Waals surface area contributed by atoms with Crippen molar-refractivity contribution >= 4 is 27.7 Å². The second-order valence-electron chi connectivity index (χ2n) is 4.67. The van der Waals surface area contributed by atoms with Crippen LogP contribution < -0.4 is 0 Å². The van der Waals surface area contributed by atoms with Gasteiger partial charge in [-0.3, -0.25) is 14.4 Å². The van der Waals surface area contributed by atoms with Crippen molar-refractivity contribution in [3.63, 3.8) is 0 Å². The third kappa shape index (κ3) is 2.78. The Morgan fingerprint density at radius 1 is 1.26 bits per heavy atom. The Balaban J connectivity index is 2.52. The number of amides is 1. The summed E-state index contributed by atoms with van der Waals surface area (Å²) in [5.74, 6) is -1.61. The van der Waals surface area contributed by atoms with E-state index in [0.717, 1.165) is 0 Å². The van der Waals surface area contributed by atoms with E-state index in [9.17, 15) is 22.8 Å². The molecule has 0 atom stereocenters. The van der Waals surface area contributed by atoms with E-state index >= 15 is 0 Å². The van der Waals surface area contributed by atoms with Crippen molar-refractivity contribution in [1.82, 2.24) is 4.31 Å². The van der Waals surface area contributed by atoms with E-state index in [1.165, 1.54) is 13.8 Å². The molecule has 8 heteroatoms. The predicted molar refractivity (Wildman–Crippen MR) is 65.6 cm³/mol. The van der Waals surface area contributed by atoms with E-state index in [2.05, 4.69) is 4.74 Å². The molecule has 0 aromatic heterocycles. The Labute approximate surface area is 112 Å². The molecule has 1 saturated heterocycles. The number of ether oxygens (including phenoxy) is 1. The lowest BCUT2D eigenvalue weighted by atomic mass is 10.1. The molecule has 0 aromatic rings. The smallest absolute Gasteiger partial charge is 0.306 e. The standard InChI is InChI=1S/C11H17NO6S/c1-4-18-9(14)6-5-8(13)7-12-10(15)11(2,3)19(12,16)17/h4-7H2,1-3H3. The van der Waals surface area contributed by atoms with Gasteiger partial charge in [0.1, 0.15) is 0 Å². The van der Waals surface area contributed by atoms with Crippen LogP contribution in [0, 0.1) is 0 Å². The van der Waals surface area contributed by atoms with E-state index in [4.69, 9.17) is 0 Å². The molecule has 108 valence electrons. The van der Waals surface area contributed by atoms with Gasteiger partial charge in [0.15, 0.2) is 10.5 Å². The average Bonchev–Trinajstić information content (AvgIpc) is 2.32. The quantitative estimate of drug-likeness (QED) is 0.631. The minimum atomic E-state index is -3.75. The maximum Gasteiger partial charge on any atom is 0.306 e. The first-order chi connectivity index (χ1) is 8.64. The van der Waals surface area contributed by atoms with E-state index in [0.29, 0.717) is 4.31 Å². The second-order valence-corrected chi connectivity index (χ2v) is 7.08. The lowest BCUT2D eigenvalue weighted by Gasteiger charge is -2.42. The lowest BCUT2D eigenvalue weighted by molar-refractivity contribution is -0.144. The van der Waals surface area contributed by atoms with Gasteiger partial charge in [0.2, 0.25) is 0 Å². The van der Waals surface area contributed by atoms with Gasteiger partial charge in [-0.15, -0.1) is 0 Å². The number of rotatable bonds is 6. The molecular formula is C11H17NO6S. The minimum absolute atomic E-state index is 0.113. The SMILES string of the molecule is CCOC(=O)CCC(=O)CN1C(=O)C(C)(C)S1(=O)=O. The molecular weight excluding hydrogens is 274 g/mol. The summed E-state index contributed by atoms with van der Waals surface area (Å²) < 4.78 is 27.2. The molecule has 1 fully saturated rings. The van der Waals surface area contributed by atoms with Crippen molar-refractivity contribution in [2.24, 2.45) is 0 Å². The summed E-state index contributed by atoms with van der Waals surface area (Å²) in [6, 6.07) is 0. The number of hydrogen-bond acceptors (Lipinski definition) is 6. The molecule has 0 unspecified atom stereocenters. The third-order valence-electron chi connectivity index (χ3n) is 2.91. The fourth-order valence-electron chi connectivity index (χ4n) is 1.63. The normalized spacial score (nSPS) is 19.7. The zero-order valence-corrected chi connectivity index (χ0v) is 11.9. The summed E-state index contributed by atoms with van der Waals surface area (Å²) in [7, 11) is -3.75. The molecule has 0 saturated carbocycles. The third-order valence-corrected chi connectivity index (χ3v) is 5.25. The number of carbonyl (C=O) groups is 3. The summed E-state index contributed by atoms with van der Waals surface area (Å²) in [4.78, 5) is 34.1. The number of sulfonamides is 1. The van der Waals surface area contributed by atoms with E-state index in [1.807, 2.05) is 0 Å². The molecule has 0 aliphatic carbocycles. The summed E-state index contributed by atoms with van der Waals surface area (Å²) in [5.41, 5.74) is 0. The molecule has 0 bridgehead atoms. The van der Waals surface area contributed by atoms with Crippen molar-refractivity contribution in [3.05, 3.63) is 0 Å². The Morgan fingerprint density at radius 2 is 1.84 bits per heavy atom. The number of hydrogen-bond donors (Lipinski definition) is 0. The number of carbonyl (C=O) groups excluding carboxylic acids is 3. The molecule has 7 nitrogen and oxygen atoms in total. The summed E-state index contributed by atoms with van der Waals surface area (Å²) >= 11 is 0. The first-order valence-corrected chi connectivity index (χ1v) is 7.32. The van der Waals surface area contributed by atoms with E-state index < -0.39 is 39.0 Å². The summed E-state index contributed by atoms with van der Waals surface area (Å²) in [6.07, 6.45) is -0.253. The van der Waals surface area contributed by atoms with E-state index in [-0.39, 0.29) is 19.4 Å². The maximum absolute atomic E-state index is 11.7. The number of Topliss-reactive ketones (excluding diaryl/α,β-unsaturated/α-hetero) is 1. The monoisotopic (exact) mass is 291 g/mol. The number of esters is 1. The molecule has 1 aliphatic heterocycles.